The lowest BCUT2D eigenvalue weighted by Crippen LogP contribution is -2.47. The fourth-order valence-electron chi connectivity index (χ4n) is 4.76. The van der Waals surface area contributed by atoms with Crippen molar-refractivity contribution in [3.05, 3.63) is 97.1 Å². The van der Waals surface area contributed by atoms with Gasteiger partial charge in [0.25, 0.3) is 0 Å². The number of hydrogen-bond donors (Lipinski definition) is 4. The molecule has 0 saturated carbocycles. The minimum Gasteiger partial charge on any atom is -0.427 e. The number of nitrogens with zero attached hydrogens (tertiary/aromatic N) is 3. The zero-order chi connectivity index (χ0) is 36.7. The normalized spacial score (nSPS) is 11.7. The van der Waals surface area contributed by atoms with E-state index in [1.165, 1.54) is 19.1 Å². The van der Waals surface area contributed by atoms with Crippen molar-refractivity contribution >= 4 is 45.8 Å². The quantitative estimate of drug-likeness (QED) is 0.0146. The number of ether oxygens (including phenoxy) is 1. The van der Waals surface area contributed by atoms with Crippen LogP contribution in [0.3, 0.4) is 0 Å². The lowest BCUT2D eigenvalue weighted by atomic mass is 10.1. The molecule has 4 rings (SSSR count). The maximum absolute atomic E-state index is 13.5. The van der Waals surface area contributed by atoms with Crippen LogP contribution in [0.1, 0.15) is 46.0 Å². The van der Waals surface area contributed by atoms with Gasteiger partial charge in [-0.1, -0.05) is 26.2 Å². The molecule has 0 atom stereocenters. The molecule has 14 heteroatoms. The second-order valence-corrected chi connectivity index (χ2v) is 11.6. The Labute approximate surface area is 294 Å². The lowest BCUT2D eigenvalue weighted by molar-refractivity contribution is -0.277. The van der Waals surface area contributed by atoms with Crippen LogP contribution in [-0.4, -0.2) is 37.8 Å². The average molecular weight is 712 g/mol. The maximum atomic E-state index is 13.5. The van der Waals surface area contributed by atoms with Crippen molar-refractivity contribution in [3.8, 4) is 5.75 Å². The summed E-state index contributed by atoms with van der Waals surface area (Å²) in [6, 6.07) is 27.9. The lowest BCUT2D eigenvalue weighted by Gasteiger charge is -2.29. The van der Waals surface area contributed by atoms with E-state index in [-0.39, 0.29) is 18.2 Å². The standard InChI is InChI=1S/C37H42F5N7O2/c1-3-5-6-7-8-35(50)51-34-23-19-28(20-24-34)44-26-43-27-9-11-29(12-10-27)45-46-30-13-15-31(16-14-30)47-48-32-17-21-33(22-18-32)49(4-2)25-36(38,39)37(40,41)42/h9-24,43-44,47-48H,3-8,25-26H2,1-2H3/b46-45+. The highest BCUT2D eigenvalue weighted by Gasteiger charge is 2.58. The molecular weight excluding hydrogens is 669 g/mol. The Morgan fingerprint density at radius 3 is 1.65 bits per heavy atom. The van der Waals surface area contributed by atoms with Crippen LogP contribution in [0.4, 0.5) is 61.8 Å². The van der Waals surface area contributed by atoms with Gasteiger partial charge in [-0.05, 0) is 110 Å². The topological polar surface area (TPSA) is 102 Å². The summed E-state index contributed by atoms with van der Waals surface area (Å²) in [6.07, 6.45) is -1.06. The molecule has 0 amide bonds. The summed E-state index contributed by atoms with van der Waals surface area (Å²) in [5, 5.41) is 15.1. The molecule has 4 N–H and O–H groups in total. The minimum atomic E-state index is -5.62. The van der Waals surface area contributed by atoms with Crippen molar-refractivity contribution in [2.75, 3.05) is 46.1 Å². The molecule has 4 aromatic carbocycles. The van der Waals surface area contributed by atoms with Gasteiger partial charge in [-0.15, -0.1) is 0 Å². The van der Waals surface area contributed by atoms with E-state index < -0.39 is 18.6 Å². The number of carbonyl (C=O) groups is 1. The van der Waals surface area contributed by atoms with Gasteiger partial charge >= 0.3 is 18.1 Å². The first-order chi connectivity index (χ1) is 24.5. The zero-order valence-electron chi connectivity index (χ0n) is 28.4. The van der Waals surface area contributed by atoms with E-state index in [1.54, 1.807) is 48.5 Å². The van der Waals surface area contributed by atoms with Crippen LogP contribution in [0.25, 0.3) is 0 Å². The predicted molar refractivity (Wildman–Crippen MR) is 193 cm³/mol. The van der Waals surface area contributed by atoms with E-state index in [4.69, 9.17) is 4.74 Å². The number of unbranched alkanes of at least 4 members (excludes halogenated alkanes) is 3. The third kappa shape index (κ3) is 12.5. The van der Waals surface area contributed by atoms with Crippen LogP contribution in [0, 0.1) is 0 Å². The summed E-state index contributed by atoms with van der Waals surface area (Å²) in [4.78, 5) is 12.9. The smallest absolute Gasteiger partial charge is 0.427 e. The first kappa shape index (κ1) is 38.4. The Bertz CT molecular complexity index is 1670. The Kier molecular flexibility index (Phi) is 14.0. The fraction of sp³-hybridized carbons (Fsp3) is 0.324. The Morgan fingerprint density at radius 1 is 0.667 bits per heavy atom. The van der Waals surface area contributed by atoms with Crippen LogP contribution >= 0.6 is 0 Å². The van der Waals surface area contributed by atoms with Gasteiger partial charge in [-0.3, -0.25) is 4.79 Å². The molecule has 0 radical (unpaired) electrons. The Hall–Kier alpha value is -5.40. The summed E-state index contributed by atoms with van der Waals surface area (Å²) >= 11 is 0. The highest BCUT2D eigenvalue weighted by atomic mass is 19.4. The highest BCUT2D eigenvalue weighted by Crippen LogP contribution is 2.37. The second-order valence-electron chi connectivity index (χ2n) is 11.6. The molecule has 0 bridgehead atoms. The molecule has 0 aliphatic rings. The summed E-state index contributed by atoms with van der Waals surface area (Å²) in [5.74, 6) is -4.51. The van der Waals surface area contributed by atoms with Crippen molar-refractivity contribution in [2.24, 2.45) is 10.2 Å². The molecule has 0 aromatic heterocycles. The summed E-state index contributed by atoms with van der Waals surface area (Å²) < 4.78 is 70.4. The SMILES string of the molecule is CCCCCCC(=O)Oc1ccc(NCNc2ccc(/N=N/c3ccc(NNc4ccc(N(CC)CC(F)(F)C(F)(F)F)cc4)cc3)cc2)cc1. The summed E-state index contributed by atoms with van der Waals surface area (Å²) in [7, 11) is 0. The maximum Gasteiger partial charge on any atom is 0.455 e. The number of hydrazine groups is 1. The first-order valence-corrected chi connectivity index (χ1v) is 16.7. The zero-order valence-corrected chi connectivity index (χ0v) is 28.4. The highest BCUT2D eigenvalue weighted by molar-refractivity contribution is 5.72. The van der Waals surface area contributed by atoms with E-state index in [9.17, 15) is 26.7 Å². The van der Waals surface area contributed by atoms with Gasteiger partial charge in [0.05, 0.1) is 36.0 Å². The molecule has 272 valence electrons. The van der Waals surface area contributed by atoms with Crippen molar-refractivity contribution in [1.29, 1.82) is 0 Å². The number of halogens is 5. The van der Waals surface area contributed by atoms with Gasteiger partial charge in [0.1, 0.15) is 5.75 Å². The van der Waals surface area contributed by atoms with Crippen molar-refractivity contribution in [3.63, 3.8) is 0 Å². The largest absolute Gasteiger partial charge is 0.455 e. The molecular formula is C37H42F5N7O2. The molecule has 0 unspecified atom stereocenters. The molecule has 0 aliphatic carbocycles. The van der Waals surface area contributed by atoms with E-state index in [2.05, 4.69) is 38.6 Å². The van der Waals surface area contributed by atoms with Crippen molar-refractivity contribution in [2.45, 2.75) is 58.1 Å². The minimum absolute atomic E-state index is 0.0143. The monoisotopic (exact) mass is 711 g/mol. The van der Waals surface area contributed by atoms with Gasteiger partial charge in [0.15, 0.2) is 0 Å². The molecule has 0 aliphatic heterocycles. The van der Waals surface area contributed by atoms with E-state index in [0.29, 0.717) is 41.6 Å². The number of azo groups is 1. The van der Waals surface area contributed by atoms with E-state index in [0.717, 1.165) is 42.0 Å². The van der Waals surface area contributed by atoms with Gasteiger partial charge in [-0.2, -0.15) is 32.2 Å². The number of nitrogens with one attached hydrogen (secondary N) is 4. The van der Waals surface area contributed by atoms with Gasteiger partial charge in [0.2, 0.25) is 0 Å². The number of hydrogen-bond acceptors (Lipinski definition) is 9. The number of anilines is 5. The third-order valence-electron chi connectivity index (χ3n) is 7.69. The van der Waals surface area contributed by atoms with Crippen LogP contribution in [-0.2, 0) is 4.79 Å². The second kappa shape index (κ2) is 18.6. The summed E-state index contributed by atoms with van der Waals surface area (Å²) in [6.45, 7) is 2.65. The van der Waals surface area contributed by atoms with Crippen LogP contribution in [0.2, 0.25) is 0 Å². The molecule has 9 nitrogen and oxygen atoms in total. The first-order valence-electron chi connectivity index (χ1n) is 16.7. The van der Waals surface area contributed by atoms with Crippen LogP contribution < -0.4 is 31.1 Å². The summed E-state index contributed by atoms with van der Waals surface area (Å²) in [5.41, 5.74) is 10.6. The Morgan fingerprint density at radius 2 is 1.16 bits per heavy atom. The molecule has 0 saturated heterocycles. The van der Waals surface area contributed by atoms with E-state index >= 15 is 0 Å². The Balaban J connectivity index is 1.17. The molecule has 0 fully saturated rings. The number of alkyl halides is 5. The molecule has 0 spiro atoms. The van der Waals surface area contributed by atoms with Gasteiger partial charge < -0.3 is 31.1 Å². The van der Waals surface area contributed by atoms with E-state index in [1.807, 2.05) is 36.4 Å². The number of benzene rings is 4. The molecule has 4 aromatic rings. The molecule has 51 heavy (non-hydrogen) atoms. The molecule has 0 heterocycles. The van der Waals surface area contributed by atoms with Gasteiger partial charge in [0, 0.05) is 30.0 Å². The van der Waals surface area contributed by atoms with Crippen LogP contribution in [0.15, 0.2) is 107 Å². The average Bonchev–Trinajstić information content (AvgIpc) is 3.12. The van der Waals surface area contributed by atoms with Crippen molar-refractivity contribution in [1.82, 2.24) is 0 Å². The number of esters is 1. The number of carbonyl (C=O) groups excluding carboxylic acids is 1. The fourth-order valence-corrected chi connectivity index (χ4v) is 4.76. The van der Waals surface area contributed by atoms with Gasteiger partial charge in [-0.25, -0.2) is 0 Å². The third-order valence-corrected chi connectivity index (χ3v) is 7.69. The number of rotatable bonds is 19. The van der Waals surface area contributed by atoms with Crippen molar-refractivity contribution < 1.29 is 31.5 Å². The van der Waals surface area contributed by atoms with Crippen LogP contribution in [0.5, 0.6) is 5.75 Å². The predicted octanol–water partition coefficient (Wildman–Crippen LogP) is 10.9.